The summed E-state index contributed by atoms with van der Waals surface area (Å²) in [4.78, 5) is 12.6. The second-order valence-electron chi connectivity index (χ2n) is 8.06. The summed E-state index contributed by atoms with van der Waals surface area (Å²) in [7, 11) is -3.28. The number of methoxy groups -OCH3 is 1. The van der Waals surface area contributed by atoms with Crippen LogP contribution in [0, 0.1) is 0 Å². The van der Waals surface area contributed by atoms with E-state index in [1.807, 2.05) is 0 Å². The smallest absolute Gasteiger partial charge is 0.870 e. The molecule has 0 atom stereocenters. The van der Waals surface area contributed by atoms with E-state index in [-0.39, 0.29) is 57.2 Å². The fourth-order valence-electron chi connectivity index (χ4n) is 3.79. The standard InChI is InChI=1S/C26H21Cl2N3O6S.Na/c1-3-14-11-21(23(13-19(14)28)38(34,35)36)30-31-24-17-7-5-4-6-15(17)10-18(25(24)32)26(33)29-20-12-16(27)8-9-22(20)37-2;/h4-13,32H,3H2,1-2H3,(H,29,33)(H,34,35,36);/q;+1/p-1. The van der Waals surface area contributed by atoms with Crippen LogP contribution in [0.5, 0.6) is 11.5 Å². The van der Waals surface area contributed by atoms with Crippen molar-refractivity contribution in [3.8, 4) is 11.5 Å². The Bertz CT molecular complexity index is 1710. The molecule has 196 valence electrons. The summed E-state index contributed by atoms with van der Waals surface area (Å²) in [6.45, 7) is 1.80. The van der Waals surface area contributed by atoms with Gasteiger partial charge < -0.3 is 15.2 Å². The van der Waals surface area contributed by atoms with Crippen LogP contribution in [0.1, 0.15) is 22.8 Å². The maximum atomic E-state index is 13.5. The number of amides is 1. The Morgan fingerprint density at radius 1 is 1.08 bits per heavy atom. The Morgan fingerprint density at radius 2 is 1.79 bits per heavy atom. The van der Waals surface area contributed by atoms with Crippen molar-refractivity contribution in [3.05, 3.63) is 81.8 Å². The summed E-state index contributed by atoms with van der Waals surface area (Å²) in [5.74, 6) is -1.15. The zero-order valence-corrected chi connectivity index (χ0v) is 25.4. The maximum Gasteiger partial charge on any atom is 1.00 e. The average Bonchev–Trinajstić information content (AvgIpc) is 2.87. The fraction of sp³-hybridized carbons (Fsp3) is 0.115. The summed E-state index contributed by atoms with van der Waals surface area (Å²) in [6, 6.07) is 15.2. The third kappa shape index (κ3) is 6.72. The van der Waals surface area contributed by atoms with E-state index in [4.69, 9.17) is 27.9 Å². The van der Waals surface area contributed by atoms with Gasteiger partial charge in [-0.3, -0.25) is 9.35 Å². The van der Waals surface area contributed by atoms with Crippen LogP contribution in [-0.2, 0) is 16.5 Å². The number of benzene rings is 4. The van der Waals surface area contributed by atoms with Gasteiger partial charge in [0.25, 0.3) is 16.0 Å². The van der Waals surface area contributed by atoms with Gasteiger partial charge in [-0.2, -0.15) is 13.5 Å². The van der Waals surface area contributed by atoms with E-state index in [0.717, 1.165) is 6.07 Å². The molecule has 0 aliphatic carbocycles. The molecule has 0 unspecified atom stereocenters. The van der Waals surface area contributed by atoms with E-state index in [9.17, 15) is 22.9 Å². The van der Waals surface area contributed by atoms with Crippen molar-refractivity contribution in [3.63, 3.8) is 0 Å². The number of fused-ring (bicyclic) bond motifs is 1. The molecule has 0 aromatic heterocycles. The molecule has 1 amide bonds. The third-order valence-electron chi connectivity index (χ3n) is 5.67. The van der Waals surface area contributed by atoms with E-state index in [1.165, 1.54) is 25.3 Å². The number of ether oxygens (including phenoxy) is 1. The van der Waals surface area contributed by atoms with Gasteiger partial charge in [0.05, 0.1) is 18.5 Å². The second kappa shape index (κ2) is 12.6. The Balaban J connectivity index is 0.00000420. The SMILES string of the molecule is CCc1cc(N=Nc2c([O-])c(C(=O)Nc3cc(Cl)ccc3OC)cc3ccccc23)c(S(=O)(=O)O)cc1Cl.[Na+]. The van der Waals surface area contributed by atoms with Crippen LogP contribution in [0.25, 0.3) is 10.8 Å². The van der Waals surface area contributed by atoms with Gasteiger partial charge in [-0.1, -0.05) is 60.1 Å². The van der Waals surface area contributed by atoms with Gasteiger partial charge in [-0.25, -0.2) is 0 Å². The Labute approximate surface area is 256 Å². The minimum Gasteiger partial charge on any atom is -0.870 e. The normalized spacial score (nSPS) is 11.4. The monoisotopic (exact) mass is 595 g/mol. The van der Waals surface area contributed by atoms with Crippen LogP contribution in [0.2, 0.25) is 10.0 Å². The number of nitrogens with zero attached hydrogens (tertiary/aromatic N) is 2. The van der Waals surface area contributed by atoms with E-state index in [2.05, 4.69) is 15.5 Å². The summed E-state index contributed by atoms with van der Waals surface area (Å²) >= 11 is 12.2. The molecule has 4 aromatic rings. The molecule has 0 radical (unpaired) electrons. The summed E-state index contributed by atoms with van der Waals surface area (Å²) < 4.78 is 38.8. The number of halogens is 2. The average molecular weight is 596 g/mol. The van der Waals surface area contributed by atoms with E-state index in [0.29, 0.717) is 33.5 Å². The van der Waals surface area contributed by atoms with Crippen molar-refractivity contribution in [1.29, 1.82) is 0 Å². The molecule has 0 aliphatic rings. The van der Waals surface area contributed by atoms with Crippen LogP contribution < -0.4 is 44.7 Å². The number of anilines is 1. The predicted octanol–water partition coefficient (Wildman–Crippen LogP) is 3.71. The third-order valence-corrected chi connectivity index (χ3v) is 7.14. The number of hydrogen-bond acceptors (Lipinski definition) is 7. The zero-order chi connectivity index (χ0) is 27.6. The van der Waals surface area contributed by atoms with Crippen molar-refractivity contribution < 1.29 is 57.2 Å². The first-order valence-electron chi connectivity index (χ1n) is 11.1. The number of aryl methyl sites for hydroxylation is 1. The van der Waals surface area contributed by atoms with E-state index >= 15 is 0 Å². The first-order chi connectivity index (χ1) is 18.0. The second-order valence-corrected chi connectivity index (χ2v) is 10.3. The molecule has 0 heterocycles. The van der Waals surface area contributed by atoms with Gasteiger partial charge >= 0.3 is 29.6 Å². The molecule has 39 heavy (non-hydrogen) atoms. The number of nitrogens with one attached hydrogen (secondary N) is 1. The molecule has 0 bridgehead atoms. The van der Waals surface area contributed by atoms with Crippen LogP contribution in [0.3, 0.4) is 0 Å². The van der Waals surface area contributed by atoms with Crippen molar-refractivity contribution in [2.75, 3.05) is 12.4 Å². The number of rotatable bonds is 7. The Morgan fingerprint density at radius 3 is 2.46 bits per heavy atom. The van der Waals surface area contributed by atoms with Gasteiger partial charge in [0.2, 0.25) is 0 Å². The van der Waals surface area contributed by atoms with Crippen molar-refractivity contribution in [1.82, 2.24) is 0 Å². The summed E-state index contributed by atoms with van der Waals surface area (Å²) in [6.07, 6.45) is 0.450. The predicted molar refractivity (Wildman–Crippen MR) is 144 cm³/mol. The van der Waals surface area contributed by atoms with Crippen molar-refractivity contribution in [2.24, 2.45) is 10.2 Å². The molecule has 0 saturated carbocycles. The van der Waals surface area contributed by atoms with Crippen LogP contribution >= 0.6 is 23.2 Å². The quantitative estimate of drug-likeness (QED) is 0.189. The van der Waals surface area contributed by atoms with E-state index < -0.39 is 26.7 Å². The maximum absolute atomic E-state index is 13.5. The number of hydrogen-bond donors (Lipinski definition) is 2. The summed E-state index contributed by atoms with van der Waals surface area (Å²) in [5.41, 5.74) is 0.173. The number of azo groups is 1. The Kier molecular flexibility index (Phi) is 10.0. The number of carbonyl (C=O) groups is 1. The molecule has 0 aliphatic heterocycles. The summed E-state index contributed by atoms with van der Waals surface area (Å²) in [5, 5.41) is 25.5. The molecular formula is C26H20Cl2N3NaO6S. The Hall–Kier alpha value is -2.70. The van der Waals surface area contributed by atoms with Crippen LogP contribution in [-0.4, -0.2) is 26.0 Å². The van der Waals surface area contributed by atoms with Gasteiger partial charge in [-0.15, -0.1) is 5.11 Å². The van der Waals surface area contributed by atoms with Crippen molar-refractivity contribution >= 4 is 67.1 Å². The molecule has 4 aromatic carbocycles. The molecule has 2 N–H and O–H groups in total. The minimum absolute atomic E-state index is 0. The molecule has 9 nitrogen and oxygen atoms in total. The van der Waals surface area contributed by atoms with Crippen molar-refractivity contribution in [2.45, 2.75) is 18.2 Å². The zero-order valence-electron chi connectivity index (χ0n) is 21.0. The molecule has 13 heteroatoms. The molecule has 0 spiro atoms. The topological polar surface area (TPSA) is 140 Å². The van der Waals surface area contributed by atoms with Gasteiger partial charge in [0.1, 0.15) is 16.3 Å². The fourth-order valence-corrected chi connectivity index (χ4v) is 4.96. The number of carbonyl (C=O) groups excluding carboxylic acids is 1. The van der Waals surface area contributed by atoms with Gasteiger partial charge in [0.15, 0.2) is 0 Å². The van der Waals surface area contributed by atoms with E-state index in [1.54, 1.807) is 43.3 Å². The molecule has 0 saturated heterocycles. The first-order valence-corrected chi connectivity index (χ1v) is 13.3. The minimum atomic E-state index is -4.71. The molecule has 4 rings (SSSR count). The van der Waals surface area contributed by atoms with Gasteiger partial charge in [0, 0.05) is 21.0 Å². The largest absolute Gasteiger partial charge is 1.00 e. The first kappa shape index (κ1) is 30.8. The van der Waals surface area contributed by atoms with Gasteiger partial charge in [-0.05, 0) is 53.8 Å². The molecular weight excluding hydrogens is 576 g/mol. The molecule has 0 fully saturated rings. The van der Waals surface area contributed by atoms with Crippen LogP contribution in [0.4, 0.5) is 17.1 Å². The van der Waals surface area contributed by atoms with Crippen LogP contribution in [0.15, 0.2) is 75.8 Å².